The Balaban J connectivity index is 2.04. The molecule has 0 spiro atoms. The molecule has 1 aromatic heterocycles. The Morgan fingerprint density at radius 1 is 0.720 bits per heavy atom. The minimum Gasteiger partial charge on any atom is -0.218 e. The summed E-state index contributed by atoms with van der Waals surface area (Å²) in [5.41, 5.74) is 0. The number of thiophene rings is 1. The van der Waals surface area contributed by atoms with Crippen molar-refractivity contribution in [2.45, 2.75) is 9.79 Å². The predicted molar refractivity (Wildman–Crippen MR) is 106 cm³/mol. The lowest BCUT2D eigenvalue weighted by molar-refractivity contribution is 0.596. The first-order valence-electron chi connectivity index (χ1n) is 7.19. The summed E-state index contributed by atoms with van der Waals surface area (Å²) in [4.78, 5) is 0.288. The third-order valence-electron chi connectivity index (χ3n) is 3.91. The quantitative estimate of drug-likeness (QED) is 0.350. The Labute approximate surface area is 163 Å². The van der Waals surface area contributed by atoms with E-state index in [1.54, 1.807) is 54.6 Å². The molecule has 0 atom stereocenters. The normalized spacial score (nSPS) is 12.1. The molecule has 3 aromatic carbocycles. The lowest BCUT2D eigenvalue weighted by Gasteiger charge is -2.07. The smallest absolute Gasteiger partial charge is 0.208 e. The predicted octanol–water partition coefficient (Wildman–Crippen LogP) is 6.85. The Bertz CT molecular complexity index is 1230. The maximum absolute atomic E-state index is 12.9. The Kier molecular flexibility index (Phi) is 4.21. The van der Waals surface area contributed by atoms with E-state index in [-0.39, 0.29) is 14.8 Å². The zero-order valence-corrected chi connectivity index (χ0v) is 16.4. The minimum atomic E-state index is -3.71. The maximum atomic E-state index is 12.9. The standard InChI is InChI=1S/C18H9Cl3O2S2/c19-13-6-11-12-7-18(25(22,23)10-4-2-1-3-5-10)15(21)9-17(12)24-16(11)8-14(13)20/h1-9H. The summed E-state index contributed by atoms with van der Waals surface area (Å²) in [5, 5.41) is 2.73. The van der Waals surface area contributed by atoms with Crippen LogP contribution in [0.4, 0.5) is 0 Å². The zero-order chi connectivity index (χ0) is 17.8. The van der Waals surface area contributed by atoms with Crippen LogP contribution in [0.5, 0.6) is 0 Å². The second-order valence-electron chi connectivity index (χ2n) is 5.46. The molecule has 0 amide bonds. The van der Waals surface area contributed by atoms with Crippen LogP contribution in [0.3, 0.4) is 0 Å². The van der Waals surface area contributed by atoms with Gasteiger partial charge in [-0.25, -0.2) is 8.42 Å². The van der Waals surface area contributed by atoms with Crippen molar-refractivity contribution in [2.24, 2.45) is 0 Å². The molecule has 0 aliphatic carbocycles. The highest BCUT2D eigenvalue weighted by Crippen LogP contribution is 2.41. The van der Waals surface area contributed by atoms with Crippen molar-refractivity contribution in [2.75, 3.05) is 0 Å². The average Bonchev–Trinajstić information content (AvgIpc) is 2.91. The fourth-order valence-corrected chi connectivity index (χ4v) is 6.14. The molecule has 0 saturated heterocycles. The van der Waals surface area contributed by atoms with E-state index in [9.17, 15) is 8.42 Å². The first-order chi connectivity index (χ1) is 11.9. The van der Waals surface area contributed by atoms with Crippen molar-refractivity contribution in [1.29, 1.82) is 0 Å². The van der Waals surface area contributed by atoms with Gasteiger partial charge in [0.05, 0.1) is 24.9 Å². The molecular formula is C18H9Cl3O2S2. The van der Waals surface area contributed by atoms with Crippen LogP contribution < -0.4 is 0 Å². The Hall–Kier alpha value is -1.30. The largest absolute Gasteiger partial charge is 0.218 e. The average molecular weight is 428 g/mol. The van der Waals surface area contributed by atoms with Crippen LogP contribution in [0.2, 0.25) is 15.1 Å². The van der Waals surface area contributed by atoms with Crippen LogP contribution in [0.25, 0.3) is 20.2 Å². The number of halogens is 3. The summed E-state index contributed by atoms with van der Waals surface area (Å²) in [6, 6.07) is 15.1. The summed E-state index contributed by atoms with van der Waals surface area (Å²) in [6.07, 6.45) is 0. The molecule has 0 fully saturated rings. The van der Waals surface area contributed by atoms with E-state index in [0.29, 0.717) is 10.0 Å². The fraction of sp³-hybridized carbons (Fsp3) is 0. The molecule has 126 valence electrons. The molecule has 0 aliphatic rings. The molecule has 4 rings (SSSR count). The van der Waals surface area contributed by atoms with E-state index in [2.05, 4.69) is 0 Å². The van der Waals surface area contributed by atoms with Gasteiger partial charge in [-0.2, -0.15) is 0 Å². The highest BCUT2D eigenvalue weighted by molar-refractivity contribution is 7.91. The van der Waals surface area contributed by atoms with Crippen LogP contribution in [0.1, 0.15) is 0 Å². The van der Waals surface area contributed by atoms with Gasteiger partial charge < -0.3 is 0 Å². The molecular weight excluding hydrogens is 419 g/mol. The van der Waals surface area contributed by atoms with Crippen LogP contribution >= 0.6 is 46.1 Å². The molecule has 7 heteroatoms. The maximum Gasteiger partial charge on any atom is 0.208 e. The van der Waals surface area contributed by atoms with E-state index in [1.807, 2.05) is 0 Å². The first kappa shape index (κ1) is 17.1. The van der Waals surface area contributed by atoms with Gasteiger partial charge in [-0.1, -0.05) is 53.0 Å². The summed E-state index contributed by atoms with van der Waals surface area (Å²) in [7, 11) is -3.71. The molecule has 1 heterocycles. The van der Waals surface area contributed by atoms with Gasteiger partial charge in [0, 0.05) is 20.2 Å². The monoisotopic (exact) mass is 426 g/mol. The van der Waals surface area contributed by atoms with Crippen LogP contribution in [0.15, 0.2) is 64.4 Å². The number of benzene rings is 3. The molecule has 0 saturated carbocycles. The lowest BCUT2D eigenvalue weighted by atomic mass is 10.1. The molecule has 0 bridgehead atoms. The number of rotatable bonds is 2. The topological polar surface area (TPSA) is 34.1 Å². The summed E-state index contributed by atoms with van der Waals surface area (Å²) in [5.74, 6) is 0. The molecule has 0 radical (unpaired) electrons. The molecule has 4 aromatic rings. The van der Waals surface area contributed by atoms with E-state index < -0.39 is 9.84 Å². The van der Waals surface area contributed by atoms with Crippen molar-refractivity contribution in [1.82, 2.24) is 0 Å². The summed E-state index contributed by atoms with van der Waals surface area (Å²) < 4.78 is 27.7. The number of fused-ring (bicyclic) bond motifs is 3. The first-order valence-corrected chi connectivity index (χ1v) is 10.6. The number of sulfone groups is 1. The van der Waals surface area contributed by atoms with Gasteiger partial charge in [0.2, 0.25) is 9.84 Å². The third-order valence-corrected chi connectivity index (χ3v) is 7.98. The van der Waals surface area contributed by atoms with Gasteiger partial charge in [0.25, 0.3) is 0 Å². The number of hydrogen-bond acceptors (Lipinski definition) is 3. The van der Waals surface area contributed by atoms with Crippen molar-refractivity contribution < 1.29 is 8.42 Å². The second kappa shape index (κ2) is 6.15. The molecule has 0 aliphatic heterocycles. The minimum absolute atomic E-state index is 0.0821. The van der Waals surface area contributed by atoms with Gasteiger partial charge in [-0.05, 0) is 36.4 Å². The van der Waals surface area contributed by atoms with Crippen molar-refractivity contribution >= 4 is 76.1 Å². The van der Waals surface area contributed by atoms with Gasteiger partial charge in [0.1, 0.15) is 0 Å². The van der Waals surface area contributed by atoms with Crippen molar-refractivity contribution in [3.63, 3.8) is 0 Å². The van der Waals surface area contributed by atoms with E-state index in [1.165, 1.54) is 11.3 Å². The van der Waals surface area contributed by atoms with Gasteiger partial charge in [-0.3, -0.25) is 0 Å². The SMILES string of the molecule is O=S(=O)(c1ccccc1)c1cc2c(cc1Cl)sc1cc(Cl)c(Cl)cc12. The zero-order valence-electron chi connectivity index (χ0n) is 12.5. The van der Waals surface area contributed by atoms with Gasteiger partial charge in [0.15, 0.2) is 0 Å². The van der Waals surface area contributed by atoms with Gasteiger partial charge >= 0.3 is 0 Å². The second-order valence-corrected chi connectivity index (χ2v) is 9.68. The van der Waals surface area contributed by atoms with Gasteiger partial charge in [-0.15, -0.1) is 11.3 Å². The molecule has 0 N–H and O–H groups in total. The molecule has 0 unspecified atom stereocenters. The van der Waals surface area contributed by atoms with E-state index in [4.69, 9.17) is 34.8 Å². The van der Waals surface area contributed by atoms with Crippen LogP contribution in [0, 0.1) is 0 Å². The lowest BCUT2D eigenvalue weighted by Crippen LogP contribution is -2.02. The van der Waals surface area contributed by atoms with E-state index in [0.717, 1.165) is 20.2 Å². The van der Waals surface area contributed by atoms with Crippen LogP contribution in [-0.4, -0.2) is 8.42 Å². The highest BCUT2D eigenvalue weighted by atomic mass is 35.5. The molecule has 2 nitrogen and oxygen atoms in total. The molecule has 25 heavy (non-hydrogen) atoms. The third kappa shape index (κ3) is 2.82. The Morgan fingerprint density at radius 2 is 1.28 bits per heavy atom. The Morgan fingerprint density at radius 3 is 1.96 bits per heavy atom. The van der Waals surface area contributed by atoms with Crippen molar-refractivity contribution in [3.8, 4) is 0 Å². The summed E-state index contributed by atoms with van der Waals surface area (Å²) >= 11 is 20.0. The van der Waals surface area contributed by atoms with Crippen LogP contribution in [-0.2, 0) is 9.84 Å². The number of hydrogen-bond donors (Lipinski definition) is 0. The highest BCUT2D eigenvalue weighted by Gasteiger charge is 2.22. The van der Waals surface area contributed by atoms with E-state index >= 15 is 0 Å². The summed E-state index contributed by atoms with van der Waals surface area (Å²) in [6.45, 7) is 0. The van der Waals surface area contributed by atoms with Crippen molar-refractivity contribution in [3.05, 3.63) is 69.7 Å². The fourth-order valence-electron chi connectivity index (χ4n) is 2.70.